The maximum absolute atomic E-state index is 11.8. The molecule has 0 aliphatic carbocycles. The third kappa shape index (κ3) is 38.2. The molecule has 130 heavy (non-hydrogen) atoms. The number of hydrogen-bond donors (Lipinski definition) is 0. The van der Waals surface area contributed by atoms with Crippen LogP contribution in [0.4, 0.5) is 0 Å². The Bertz CT molecular complexity index is 4910. The number of esters is 3. The smallest absolute Gasteiger partial charge is 0.338 e. The summed E-state index contributed by atoms with van der Waals surface area (Å²) in [7, 11) is 0. The van der Waals surface area contributed by atoms with E-state index in [0.717, 1.165) is 111 Å². The van der Waals surface area contributed by atoms with Crippen molar-refractivity contribution in [2.24, 2.45) is 0 Å². The first-order chi connectivity index (χ1) is 62.7. The van der Waals surface area contributed by atoms with E-state index < -0.39 is 12.6 Å². The van der Waals surface area contributed by atoms with Crippen LogP contribution in [-0.2, 0) is 52.9 Å². The molecule has 0 aliphatic heterocycles. The first-order valence-electron chi connectivity index (χ1n) is 45.8. The minimum Gasteiger partial charge on any atom is -0.491 e. The van der Waals surface area contributed by atoms with Crippen LogP contribution in [-0.4, -0.2) is 115 Å². The summed E-state index contributed by atoms with van der Waals surface area (Å²) in [4.78, 5) is 33.1. The maximum atomic E-state index is 11.8. The molecule has 0 aliphatic rings. The summed E-state index contributed by atoms with van der Waals surface area (Å²) in [6, 6.07) is 89.0. The van der Waals surface area contributed by atoms with Gasteiger partial charge in [-0.15, -0.1) is 0 Å². The molecule has 9 unspecified atom stereocenters. The lowest BCUT2D eigenvalue weighted by molar-refractivity contribution is -0.147. The van der Waals surface area contributed by atoms with Crippen LogP contribution >= 0.6 is 15.9 Å². The number of ether oxygens (including phenoxy) is 15. The highest BCUT2D eigenvalue weighted by Crippen LogP contribution is 2.40. The summed E-state index contributed by atoms with van der Waals surface area (Å²) in [6.45, 7) is 39.8. The van der Waals surface area contributed by atoms with E-state index in [4.69, 9.17) is 71.1 Å². The van der Waals surface area contributed by atoms with Crippen LogP contribution < -0.4 is 33.2 Å². The molecule has 0 bridgehead atoms. The van der Waals surface area contributed by atoms with E-state index in [1.165, 1.54) is 47.1 Å². The lowest BCUT2D eigenvalue weighted by Crippen LogP contribution is -2.22. The van der Waals surface area contributed by atoms with Crippen molar-refractivity contribution in [2.75, 3.05) is 66.1 Å². The van der Waals surface area contributed by atoms with E-state index in [-0.39, 0.29) is 68.6 Å². The molecule has 18 nitrogen and oxygen atoms in total. The number of halogens is 1. The summed E-state index contributed by atoms with van der Waals surface area (Å²) in [6.07, 6.45) is 4.44. The minimum atomic E-state index is -0.421. The molecule has 0 amide bonds. The Morgan fingerprint density at radius 1 is 0.331 bits per heavy atom. The van der Waals surface area contributed by atoms with Crippen molar-refractivity contribution in [3.63, 3.8) is 0 Å². The third-order valence-electron chi connectivity index (χ3n) is 22.1. The first kappa shape index (κ1) is 106. The Morgan fingerprint density at radius 2 is 0.700 bits per heavy atom. The zero-order chi connectivity index (χ0) is 94.0. The number of fused-ring (bicyclic) bond motifs is 1. The molecule has 11 rings (SSSR count). The Hall–Kier alpha value is -11.0. The van der Waals surface area contributed by atoms with Gasteiger partial charge in [-0.3, -0.25) is 9.59 Å². The van der Waals surface area contributed by atoms with Crippen LogP contribution in [0.25, 0.3) is 33.0 Å². The minimum absolute atomic E-state index is 0.156. The number of para-hydroxylation sites is 1. The molecule has 19 heteroatoms. The zero-order valence-corrected chi connectivity index (χ0v) is 81.2. The maximum Gasteiger partial charge on any atom is 0.338 e. The second kappa shape index (κ2) is 58.6. The first-order valence-corrected chi connectivity index (χ1v) is 46.6. The van der Waals surface area contributed by atoms with Gasteiger partial charge in [-0.2, -0.15) is 0 Å². The molecule has 0 saturated heterocycles. The molecule has 0 radical (unpaired) electrons. The average Bonchev–Trinajstić information content (AvgIpc) is 0.799. The van der Waals surface area contributed by atoms with Crippen molar-refractivity contribution >= 4 is 44.6 Å². The molecule has 11 aromatic rings. The van der Waals surface area contributed by atoms with Gasteiger partial charge >= 0.3 is 17.9 Å². The Labute approximate surface area is 782 Å². The second-order valence-corrected chi connectivity index (χ2v) is 33.1. The van der Waals surface area contributed by atoms with Gasteiger partial charge in [-0.1, -0.05) is 271 Å². The molecule has 0 N–H and O–H groups in total. The van der Waals surface area contributed by atoms with E-state index in [2.05, 4.69) is 213 Å². The average molecular weight is 1840 g/mol. The van der Waals surface area contributed by atoms with Gasteiger partial charge in [0.1, 0.15) is 73.3 Å². The van der Waals surface area contributed by atoms with Gasteiger partial charge < -0.3 is 71.1 Å². The van der Waals surface area contributed by atoms with Gasteiger partial charge in [0, 0.05) is 36.8 Å². The van der Waals surface area contributed by atoms with Crippen molar-refractivity contribution in [3.8, 4) is 62.5 Å². The van der Waals surface area contributed by atoms with E-state index in [1.807, 2.05) is 156 Å². The Balaban J connectivity index is 0.000000226. The Kier molecular flexibility index (Phi) is 47.8. The molecule has 9 atom stereocenters. The molecule has 0 aromatic heterocycles. The highest BCUT2D eigenvalue weighted by Gasteiger charge is 2.21. The van der Waals surface area contributed by atoms with Gasteiger partial charge in [-0.05, 0) is 228 Å². The summed E-state index contributed by atoms with van der Waals surface area (Å²) >= 11 is 3.52. The highest BCUT2D eigenvalue weighted by atomic mass is 79.9. The van der Waals surface area contributed by atoms with Crippen molar-refractivity contribution in [3.05, 3.63) is 305 Å². The van der Waals surface area contributed by atoms with Crippen molar-refractivity contribution < 1.29 is 85.4 Å². The van der Waals surface area contributed by atoms with Crippen LogP contribution in [0.2, 0.25) is 0 Å². The van der Waals surface area contributed by atoms with Gasteiger partial charge in [-0.25, -0.2) is 4.79 Å². The fourth-order valence-electron chi connectivity index (χ4n) is 13.2. The predicted molar refractivity (Wildman–Crippen MR) is 525 cm³/mol. The van der Waals surface area contributed by atoms with E-state index in [9.17, 15) is 14.4 Å². The van der Waals surface area contributed by atoms with Gasteiger partial charge in [0.2, 0.25) is 0 Å². The fourth-order valence-corrected chi connectivity index (χ4v) is 13.6. The third-order valence-corrected chi connectivity index (χ3v) is 22.7. The SMILES string of the molecule is CCC(C)(C)c1ccc(OC(C)OCCOC(=O)c2ccccc2)cc1.CCC(C)c1ccc(OC(C)OCCOC(C)=O)c(Br)c1.CCC(C)c1ccc(OC(C)OCCOc2c(-c3ccccc3)cccc2-c2ccccc2)cc1.CCC(C)c1ccc(OC(C)OCCOc2cccc3ccccc23)cc1.CCC(OCCOC(C)=O)Oc1ccc(C(C)CC)cc1. The van der Waals surface area contributed by atoms with Crippen LogP contribution in [0.1, 0.15) is 225 Å². The van der Waals surface area contributed by atoms with Gasteiger partial charge in [0.25, 0.3) is 0 Å². The molecule has 698 valence electrons. The number of benzene rings is 11. The molecular formula is C111H139BrO18. The van der Waals surface area contributed by atoms with Crippen molar-refractivity contribution in [1.82, 2.24) is 0 Å². The zero-order valence-electron chi connectivity index (χ0n) is 79.6. The van der Waals surface area contributed by atoms with Crippen LogP contribution in [0, 0.1) is 0 Å². The summed E-state index contributed by atoms with van der Waals surface area (Å²) in [5.41, 5.74) is 11.6. The molecule has 0 spiro atoms. The number of carbonyl (C=O) groups is 3. The number of hydrogen-bond acceptors (Lipinski definition) is 18. The highest BCUT2D eigenvalue weighted by molar-refractivity contribution is 9.10. The van der Waals surface area contributed by atoms with Crippen LogP contribution in [0.15, 0.2) is 271 Å². The van der Waals surface area contributed by atoms with Crippen LogP contribution in [0.3, 0.4) is 0 Å². The molecule has 11 aromatic carbocycles. The van der Waals surface area contributed by atoms with Crippen molar-refractivity contribution in [1.29, 1.82) is 0 Å². The lowest BCUT2D eigenvalue weighted by atomic mass is 9.82. The topological polar surface area (TPSA) is 190 Å². The second-order valence-electron chi connectivity index (χ2n) is 32.2. The monoisotopic (exact) mass is 1840 g/mol. The molecule has 0 saturated carbocycles. The standard InChI is InChI=1S/C32H34O3.C24H28O3.C22H28O4.C17H26O4.C16H23BrO4/c1-4-24(2)26-18-20-29(21-19-26)35-25(3)33-22-23-34-32-30(27-12-7-5-8-13-27)16-11-17-31(32)28-14-9-6-10-15-28;1-4-18(2)20-12-14-22(15-13-20)27-19(3)25-16-17-26-24-11-7-9-21-8-5-6-10-23(21)24;1-5-22(3,4)19-11-13-20(14-12-19)26-17(2)24-15-16-25-21(23)18-9-7-6-8-10-18;1-5-13(3)15-7-9-16(10-8-15)21-17(6-2)20-12-11-19-14(4)18;1-5-11(2)14-6-7-16(15(17)10-14)21-13(4)20-9-8-19-12(3)18/h5-21,24-25H,4,22-23H2,1-3H3;5-15,18-19H,4,16-17H2,1-3H3;6-14,17H,5,15-16H2,1-4H3;7-10,13,17H,5-6,11-12H2,1-4H3;6-7,10-11,13H,5,8-9H2,1-4H3. The van der Waals surface area contributed by atoms with Crippen molar-refractivity contribution in [2.45, 2.75) is 224 Å². The van der Waals surface area contributed by atoms with Gasteiger partial charge in [0.05, 0.1) is 43.1 Å². The quantitative estimate of drug-likeness (QED) is 0.0151. The molecule has 0 heterocycles. The largest absolute Gasteiger partial charge is 0.491 e. The van der Waals surface area contributed by atoms with Crippen LogP contribution in [0.5, 0.6) is 40.2 Å². The summed E-state index contributed by atoms with van der Waals surface area (Å²) in [5, 5.41) is 2.29. The predicted octanol–water partition coefficient (Wildman–Crippen LogP) is 27.7. The molecular weight excluding hydrogens is 1700 g/mol. The van der Waals surface area contributed by atoms with E-state index >= 15 is 0 Å². The Morgan fingerprint density at radius 3 is 1.14 bits per heavy atom. The molecule has 0 fully saturated rings. The lowest BCUT2D eigenvalue weighted by Gasteiger charge is -2.23. The van der Waals surface area contributed by atoms with Gasteiger partial charge in [0.15, 0.2) is 31.5 Å². The normalized spacial score (nSPS) is 13.0. The summed E-state index contributed by atoms with van der Waals surface area (Å²) < 4.78 is 85.1. The number of rotatable bonds is 46. The number of carbonyl (C=O) groups excluding carboxylic acids is 3. The van der Waals surface area contributed by atoms with E-state index in [0.29, 0.717) is 68.9 Å². The summed E-state index contributed by atoms with van der Waals surface area (Å²) in [5.74, 6) is 6.91. The van der Waals surface area contributed by atoms with E-state index in [1.54, 1.807) is 24.3 Å². The fraction of sp³-hybridized carbons (Fsp3) is 0.396.